The van der Waals surface area contributed by atoms with Crippen molar-refractivity contribution in [3.05, 3.63) is 29.3 Å². The van der Waals surface area contributed by atoms with Gasteiger partial charge in [-0.05, 0) is 31.5 Å². The molecule has 0 aliphatic heterocycles. The summed E-state index contributed by atoms with van der Waals surface area (Å²) in [6, 6.07) is 6.94. The second kappa shape index (κ2) is 7.70. The lowest BCUT2D eigenvalue weighted by Gasteiger charge is -2.19. The molecule has 0 heterocycles. The number of ether oxygens (including phenoxy) is 1. The Labute approximate surface area is 119 Å². The number of rotatable bonds is 6. The zero-order chi connectivity index (χ0) is 14.3. The molecule has 1 rings (SSSR count). The Bertz CT molecular complexity index is 467. The molecule has 1 amide bonds. The molecule has 1 aromatic carbocycles. The third kappa shape index (κ3) is 5.23. The summed E-state index contributed by atoms with van der Waals surface area (Å²) in [5.41, 5.74) is 0. The van der Waals surface area contributed by atoms with Crippen LogP contribution in [0.3, 0.4) is 0 Å². The highest BCUT2D eigenvalue weighted by atomic mass is 35.5. The van der Waals surface area contributed by atoms with Gasteiger partial charge in [0.1, 0.15) is 5.75 Å². The van der Waals surface area contributed by atoms with E-state index in [2.05, 4.69) is 11.2 Å². The average Bonchev–Trinajstić information content (AvgIpc) is 2.38. The van der Waals surface area contributed by atoms with Crippen molar-refractivity contribution >= 4 is 17.5 Å². The first-order valence-corrected chi connectivity index (χ1v) is 6.60. The lowest BCUT2D eigenvalue weighted by molar-refractivity contribution is -0.128. The Kier molecular flexibility index (Phi) is 6.24. The Hall–Kier alpha value is -1.66. The van der Waals surface area contributed by atoms with Crippen molar-refractivity contribution in [2.24, 2.45) is 0 Å². The fourth-order valence-corrected chi connectivity index (χ4v) is 1.74. The lowest BCUT2D eigenvalue weighted by atomic mass is 10.1. The second-order valence-corrected chi connectivity index (χ2v) is 4.68. The summed E-state index contributed by atoms with van der Waals surface area (Å²) in [7, 11) is 0. The predicted molar refractivity (Wildman–Crippen MR) is 77.2 cm³/mol. The molecule has 3 nitrogen and oxygen atoms in total. The first kappa shape index (κ1) is 15.4. The Morgan fingerprint density at radius 1 is 1.58 bits per heavy atom. The maximum absolute atomic E-state index is 11.9. The van der Waals surface area contributed by atoms with E-state index < -0.39 is 6.10 Å². The summed E-state index contributed by atoms with van der Waals surface area (Å²) in [6.45, 7) is 3.67. The van der Waals surface area contributed by atoms with Crippen molar-refractivity contribution in [3.63, 3.8) is 0 Å². The van der Waals surface area contributed by atoms with E-state index in [0.717, 1.165) is 6.42 Å². The Morgan fingerprint density at radius 2 is 2.32 bits per heavy atom. The minimum absolute atomic E-state index is 0.0112. The largest absolute Gasteiger partial charge is 0.481 e. The monoisotopic (exact) mass is 279 g/mol. The van der Waals surface area contributed by atoms with Gasteiger partial charge in [0.15, 0.2) is 6.10 Å². The normalized spacial score (nSPS) is 13.2. The highest BCUT2D eigenvalue weighted by molar-refractivity contribution is 6.30. The molecular weight excluding hydrogens is 262 g/mol. The average molecular weight is 280 g/mol. The van der Waals surface area contributed by atoms with Crippen LogP contribution >= 0.6 is 11.6 Å². The summed E-state index contributed by atoms with van der Waals surface area (Å²) in [5, 5.41) is 3.44. The van der Waals surface area contributed by atoms with Crippen LogP contribution in [0, 0.1) is 12.3 Å². The van der Waals surface area contributed by atoms with Gasteiger partial charge >= 0.3 is 0 Å². The van der Waals surface area contributed by atoms with Crippen LogP contribution in [0.5, 0.6) is 5.75 Å². The number of hydrogen-bond acceptors (Lipinski definition) is 2. The fraction of sp³-hybridized carbons (Fsp3) is 0.400. The predicted octanol–water partition coefficient (Wildman–Crippen LogP) is 3.03. The number of terminal acetylenes is 1. The van der Waals surface area contributed by atoms with Gasteiger partial charge in [0.25, 0.3) is 5.91 Å². The molecule has 0 aliphatic rings. The van der Waals surface area contributed by atoms with Gasteiger partial charge < -0.3 is 10.1 Å². The van der Waals surface area contributed by atoms with Crippen LogP contribution in [-0.4, -0.2) is 18.1 Å². The van der Waals surface area contributed by atoms with Gasteiger partial charge in [-0.2, -0.15) is 0 Å². The van der Waals surface area contributed by atoms with E-state index >= 15 is 0 Å². The van der Waals surface area contributed by atoms with Crippen molar-refractivity contribution < 1.29 is 9.53 Å². The minimum atomic E-state index is -0.592. The van der Waals surface area contributed by atoms with Gasteiger partial charge in [-0.25, -0.2) is 0 Å². The summed E-state index contributed by atoms with van der Waals surface area (Å²) in [5.74, 6) is 2.94. The SMILES string of the molecule is C#CCC(CC)NC(=O)C(C)Oc1cccc(Cl)c1. The van der Waals surface area contributed by atoms with Gasteiger partial charge in [-0.15, -0.1) is 12.3 Å². The van der Waals surface area contributed by atoms with Crippen LogP contribution in [0.1, 0.15) is 26.7 Å². The molecule has 0 saturated heterocycles. The molecule has 0 fully saturated rings. The number of carbonyl (C=O) groups is 1. The Morgan fingerprint density at radius 3 is 2.89 bits per heavy atom. The number of nitrogens with one attached hydrogen (secondary N) is 1. The topological polar surface area (TPSA) is 38.3 Å². The van der Waals surface area contributed by atoms with Crippen molar-refractivity contribution in [2.75, 3.05) is 0 Å². The van der Waals surface area contributed by atoms with Crippen LogP contribution in [-0.2, 0) is 4.79 Å². The molecule has 102 valence electrons. The zero-order valence-corrected chi connectivity index (χ0v) is 11.9. The maximum atomic E-state index is 11.9. The van der Waals surface area contributed by atoms with E-state index in [1.807, 2.05) is 6.92 Å². The molecule has 0 aromatic heterocycles. The van der Waals surface area contributed by atoms with Crippen molar-refractivity contribution in [1.82, 2.24) is 5.32 Å². The molecular formula is C15H18ClNO2. The number of halogens is 1. The minimum Gasteiger partial charge on any atom is -0.481 e. The number of carbonyl (C=O) groups excluding carboxylic acids is 1. The van der Waals surface area contributed by atoms with E-state index in [1.54, 1.807) is 31.2 Å². The first-order valence-electron chi connectivity index (χ1n) is 6.22. The maximum Gasteiger partial charge on any atom is 0.261 e. The summed E-state index contributed by atoms with van der Waals surface area (Å²) in [6.07, 6.45) is 5.97. The van der Waals surface area contributed by atoms with Gasteiger partial charge in [0, 0.05) is 17.5 Å². The number of amides is 1. The molecule has 4 heteroatoms. The fourth-order valence-electron chi connectivity index (χ4n) is 1.56. The van der Waals surface area contributed by atoms with E-state index in [0.29, 0.717) is 17.2 Å². The summed E-state index contributed by atoms with van der Waals surface area (Å²) >= 11 is 5.85. The second-order valence-electron chi connectivity index (χ2n) is 4.24. The van der Waals surface area contributed by atoms with Crippen molar-refractivity contribution in [2.45, 2.75) is 38.8 Å². The molecule has 0 spiro atoms. The molecule has 0 bridgehead atoms. The first-order chi connectivity index (χ1) is 9.06. The molecule has 0 radical (unpaired) electrons. The number of benzene rings is 1. The molecule has 2 atom stereocenters. The third-order valence-corrected chi connectivity index (χ3v) is 2.92. The molecule has 19 heavy (non-hydrogen) atoms. The van der Waals surface area contributed by atoms with Crippen LogP contribution in [0.25, 0.3) is 0 Å². The van der Waals surface area contributed by atoms with E-state index in [-0.39, 0.29) is 11.9 Å². The van der Waals surface area contributed by atoms with Gasteiger partial charge in [-0.1, -0.05) is 24.6 Å². The molecule has 1 aromatic rings. The van der Waals surface area contributed by atoms with Crippen LogP contribution < -0.4 is 10.1 Å². The van der Waals surface area contributed by atoms with E-state index in [1.165, 1.54) is 0 Å². The molecule has 1 N–H and O–H groups in total. The van der Waals surface area contributed by atoms with Gasteiger partial charge in [-0.3, -0.25) is 4.79 Å². The molecule has 2 unspecified atom stereocenters. The van der Waals surface area contributed by atoms with E-state index in [9.17, 15) is 4.79 Å². The lowest BCUT2D eigenvalue weighted by Crippen LogP contribution is -2.42. The van der Waals surface area contributed by atoms with Gasteiger partial charge in [0.05, 0.1) is 0 Å². The van der Waals surface area contributed by atoms with Crippen LogP contribution in [0.2, 0.25) is 5.02 Å². The van der Waals surface area contributed by atoms with Crippen LogP contribution in [0.4, 0.5) is 0 Å². The zero-order valence-electron chi connectivity index (χ0n) is 11.2. The molecule has 0 aliphatic carbocycles. The third-order valence-electron chi connectivity index (χ3n) is 2.68. The standard InChI is InChI=1S/C15H18ClNO2/c1-4-7-13(5-2)17-15(18)11(3)19-14-9-6-8-12(16)10-14/h1,6,8-11,13H,5,7H2,2-3H3,(H,17,18). The van der Waals surface area contributed by atoms with Crippen molar-refractivity contribution in [1.29, 1.82) is 0 Å². The quantitative estimate of drug-likeness (QED) is 0.813. The van der Waals surface area contributed by atoms with Gasteiger partial charge in [0.2, 0.25) is 0 Å². The van der Waals surface area contributed by atoms with E-state index in [4.69, 9.17) is 22.8 Å². The molecule has 0 saturated carbocycles. The number of hydrogen-bond donors (Lipinski definition) is 1. The smallest absolute Gasteiger partial charge is 0.261 e. The Balaban J connectivity index is 2.55. The summed E-state index contributed by atoms with van der Waals surface area (Å²) in [4.78, 5) is 11.9. The highest BCUT2D eigenvalue weighted by Gasteiger charge is 2.17. The van der Waals surface area contributed by atoms with Crippen molar-refractivity contribution in [3.8, 4) is 18.1 Å². The van der Waals surface area contributed by atoms with Crippen LogP contribution in [0.15, 0.2) is 24.3 Å². The summed E-state index contributed by atoms with van der Waals surface area (Å²) < 4.78 is 5.53. The highest BCUT2D eigenvalue weighted by Crippen LogP contribution is 2.18.